The fourth-order valence-corrected chi connectivity index (χ4v) is 2.49. The van der Waals surface area contributed by atoms with Crippen molar-refractivity contribution in [3.8, 4) is 10.6 Å². The molecule has 0 aliphatic carbocycles. The average molecular weight is 337 g/mol. The van der Waals surface area contributed by atoms with E-state index >= 15 is 0 Å². The van der Waals surface area contributed by atoms with Crippen LogP contribution in [0.15, 0.2) is 36.2 Å². The molecule has 0 radical (unpaired) electrons. The predicted molar refractivity (Wildman–Crippen MR) is 80.4 cm³/mol. The minimum atomic E-state index is -4.52. The molecule has 3 heterocycles. The van der Waals surface area contributed by atoms with Gasteiger partial charge < -0.3 is 5.32 Å². The van der Waals surface area contributed by atoms with Crippen LogP contribution in [0.25, 0.3) is 10.6 Å². The third kappa shape index (κ3) is 3.62. The molecule has 118 valence electrons. The van der Waals surface area contributed by atoms with Crippen molar-refractivity contribution < 1.29 is 13.2 Å². The van der Waals surface area contributed by atoms with Crippen molar-refractivity contribution in [3.63, 3.8) is 0 Å². The van der Waals surface area contributed by atoms with Gasteiger partial charge in [0.1, 0.15) is 23.7 Å². The molecular weight excluding hydrogens is 327 g/mol. The number of halogens is 3. The van der Waals surface area contributed by atoms with E-state index in [9.17, 15) is 13.2 Å². The number of aryl methyl sites for hydroxylation is 1. The van der Waals surface area contributed by atoms with E-state index in [0.29, 0.717) is 11.5 Å². The predicted octanol–water partition coefficient (Wildman–Crippen LogP) is 4.07. The highest BCUT2D eigenvalue weighted by atomic mass is 32.1. The Morgan fingerprint density at radius 2 is 1.91 bits per heavy atom. The number of hydrogen-bond acceptors (Lipinski definition) is 6. The van der Waals surface area contributed by atoms with E-state index in [-0.39, 0.29) is 5.82 Å². The number of nitrogens with one attached hydrogen (secondary N) is 1. The summed E-state index contributed by atoms with van der Waals surface area (Å²) in [6.07, 6.45) is -1.97. The molecule has 5 nitrogen and oxygen atoms in total. The number of alkyl halides is 3. The van der Waals surface area contributed by atoms with Gasteiger partial charge in [-0.05, 0) is 24.6 Å². The maximum atomic E-state index is 12.7. The van der Waals surface area contributed by atoms with Crippen LogP contribution in [0.3, 0.4) is 0 Å². The van der Waals surface area contributed by atoms with Crippen molar-refractivity contribution in [1.82, 2.24) is 19.9 Å². The molecule has 23 heavy (non-hydrogen) atoms. The lowest BCUT2D eigenvalue weighted by Gasteiger charge is -2.10. The van der Waals surface area contributed by atoms with Crippen LogP contribution in [0.2, 0.25) is 0 Å². The Morgan fingerprint density at radius 1 is 1.09 bits per heavy atom. The van der Waals surface area contributed by atoms with E-state index in [2.05, 4.69) is 25.3 Å². The van der Waals surface area contributed by atoms with Crippen LogP contribution in [0.1, 0.15) is 11.3 Å². The van der Waals surface area contributed by atoms with Gasteiger partial charge in [-0.1, -0.05) is 0 Å². The molecule has 3 rings (SSSR count). The van der Waals surface area contributed by atoms with Crippen LogP contribution in [-0.4, -0.2) is 19.9 Å². The molecule has 9 heteroatoms. The molecule has 3 aromatic rings. The van der Waals surface area contributed by atoms with Gasteiger partial charge in [-0.2, -0.15) is 13.2 Å². The Labute approximate surface area is 133 Å². The molecule has 1 N–H and O–H groups in total. The van der Waals surface area contributed by atoms with Gasteiger partial charge in [-0.15, -0.1) is 11.3 Å². The zero-order chi connectivity index (χ0) is 16.4. The molecule has 0 aliphatic rings. The van der Waals surface area contributed by atoms with Gasteiger partial charge in [0.25, 0.3) is 0 Å². The SMILES string of the molecule is Cc1cc(Nc2cc(C(F)(F)F)ncn2)nc(-c2cncs2)c1. The first-order valence-electron chi connectivity index (χ1n) is 6.45. The second-order valence-corrected chi connectivity index (χ2v) is 5.58. The number of rotatable bonds is 3. The minimum Gasteiger partial charge on any atom is -0.325 e. The Morgan fingerprint density at radius 3 is 2.61 bits per heavy atom. The van der Waals surface area contributed by atoms with Crippen molar-refractivity contribution in [1.29, 1.82) is 0 Å². The minimum absolute atomic E-state index is 0.0284. The Hall–Kier alpha value is -2.55. The van der Waals surface area contributed by atoms with Gasteiger partial charge in [0, 0.05) is 12.3 Å². The Balaban J connectivity index is 1.92. The zero-order valence-electron chi connectivity index (χ0n) is 11.8. The molecule has 0 fully saturated rings. The standard InChI is InChI=1S/C14H10F3N5S/c1-8-2-9(10-5-18-7-23-10)21-13(3-8)22-12-4-11(14(15,16)17)19-6-20-12/h2-7H,1H3,(H,19,20,21,22). The molecule has 0 aromatic carbocycles. The second kappa shape index (κ2) is 5.92. The quantitative estimate of drug-likeness (QED) is 0.781. The highest BCUT2D eigenvalue weighted by Crippen LogP contribution is 2.29. The third-order valence-corrected chi connectivity index (χ3v) is 3.66. The van der Waals surface area contributed by atoms with Gasteiger partial charge >= 0.3 is 6.18 Å². The van der Waals surface area contributed by atoms with Crippen molar-refractivity contribution in [2.24, 2.45) is 0 Å². The van der Waals surface area contributed by atoms with Crippen LogP contribution in [-0.2, 0) is 6.18 Å². The summed E-state index contributed by atoms with van der Waals surface area (Å²) in [7, 11) is 0. The van der Waals surface area contributed by atoms with Gasteiger partial charge in [0.05, 0.1) is 16.1 Å². The van der Waals surface area contributed by atoms with Crippen molar-refractivity contribution in [2.75, 3.05) is 5.32 Å². The summed E-state index contributed by atoms with van der Waals surface area (Å²) in [5.41, 5.74) is 2.29. The first-order valence-corrected chi connectivity index (χ1v) is 7.33. The molecule has 0 atom stereocenters. The van der Waals surface area contributed by atoms with E-state index in [4.69, 9.17) is 0 Å². The fourth-order valence-electron chi connectivity index (χ4n) is 1.91. The van der Waals surface area contributed by atoms with E-state index < -0.39 is 11.9 Å². The lowest BCUT2D eigenvalue weighted by atomic mass is 10.2. The molecule has 0 spiro atoms. The number of pyridine rings is 1. The summed E-state index contributed by atoms with van der Waals surface area (Å²) in [5.74, 6) is 0.431. The van der Waals surface area contributed by atoms with Crippen molar-refractivity contribution in [2.45, 2.75) is 13.1 Å². The van der Waals surface area contributed by atoms with Gasteiger partial charge in [0.15, 0.2) is 0 Å². The molecule has 0 aliphatic heterocycles. The average Bonchev–Trinajstić information content (AvgIpc) is 3.00. The number of aromatic nitrogens is 4. The van der Waals surface area contributed by atoms with Crippen LogP contribution in [0.4, 0.5) is 24.8 Å². The number of nitrogens with zero attached hydrogens (tertiary/aromatic N) is 4. The first kappa shape index (κ1) is 15.3. The van der Waals surface area contributed by atoms with E-state index in [1.165, 1.54) is 11.3 Å². The monoisotopic (exact) mass is 337 g/mol. The molecule has 0 amide bonds. The molecule has 3 aromatic heterocycles. The topological polar surface area (TPSA) is 63.6 Å². The molecular formula is C14H10F3N5S. The van der Waals surface area contributed by atoms with Gasteiger partial charge in [0.2, 0.25) is 0 Å². The number of anilines is 2. The molecule has 0 saturated carbocycles. The zero-order valence-corrected chi connectivity index (χ0v) is 12.6. The third-order valence-electron chi connectivity index (χ3n) is 2.87. The number of thiazole rings is 1. The summed E-state index contributed by atoms with van der Waals surface area (Å²) in [6.45, 7) is 1.87. The summed E-state index contributed by atoms with van der Waals surface area (Å²) in [6, 6.07) is 4.44. The second-order valence-electron chi connectivity index (χ2n) is 4.69. The van der Waals surface area contributed by atoms with Crippen LogP contribution in [0.5, 0.6) is 0 Å². The van der Waals surface area contributed by atoms with Crippen LogP contribution >= 0.6 is 11.3 Å². The lowest BCUT2D eigenvalue weighted by molar-refractivity contribution is -0.141. The fraction of sp³-hybridized carbons (Fsp3) is 0.143. The summed E-state index contributed by atoms with van der Waals surface area (Å²) >= 11 is 1.43. The highest BCUT2D eigenvalue weighted by molar-refractivity contribution is 7.13. The Kier molecular flexibility index (Phi) is 3.95. The van der Waals surface area contributed by atoms with E-state index in [1.54, 1.807) is 17.8 Å². The molecule has 0 unspecified atom stereocenters. The molecule has 0 saturated heterocycles. The van der Waals surface area contributed by atoms with E-state index in [0.717, 1.165) is 22.8 Å². The summed E-state index contributed by atoms with van der Waals surface area (Å²) < 4.78 is 38.0. The maximum Gasteiger partial charge on any atom is 0.433 e. The number of hydrogen-bond donors (Lipinski definition) is 1. The first-order chi connectivity index (χ1) is 10.9. The summed E-state index contributed by atoms with van der Waals surface area (Å²) in [5, 5.41) is 2.78. The van der Waals surface area contributed by atoms with Crippen molar-refractivity contribution in [3.05, 3.63) is 47.5 Å². The largest absolute Gasteiger partial charge is 0.433 e. The normalized spacial score (nSPS) is 11.5. The smallest absolute Gasteiger partial charge is 0.325 e. The van der Waals surface area contributed by atoms with Gasteiger partial charge in [-0.25, -0.2) is 15.0 Å². The van der Waals surface area contributed by atoms with Gasteiger partial charge in [-0.3, -0.25) is 4.98 Å². The van der Waals surface area contributed by atoms with Crippen LogP contribution < -0.4 is 5.32 Å². The van der Waals surface area contributed by atoms with E-state index in [1.807, 2.05) is 13.0 Å². The lowest BCUT2D eigenvalue weighted by Crippen LogP contribution is -2.09. The van der Waals surface area contributed by atoms with Crippen LogP contribution in [0, 0.1) is 6.92 Å². The summed E-state index contributed by atoms with van der Waals surface area (Å²) in [4.78, 5) is 16.3. The van der Waals surface area contributed by atoms with Crippen molar-refractivity contribution >= 4 is 23.0 Å². The molecule has 0 bridgehead atoms. The maximum absolute atomic E-state index is 12.7. The highest BCUT2D eigenvalue weighted by Gasteiger charge is 2.32. The Bertz CT molecular complexity index is 818.